The summed E-state index contributed by atoms with van der Waals surface area (Å²) < 4.78 is 5.75. The monoisotopic (exact) mass is 214 g/mol. The molecule has 0 spiro atoms. The molecular formula is C13H10OS. The van der Waals surface area contributed by atoms with Crippen LogP contribution in [-0.4, -0.2) is 0 Å². The average molecular weight is 214 g/mol. The van der Waals surface area contributed by atoms with Gasteiger partial charge < -0.3 is 4.74 Å². The van der Waals surface area contributed by atoms with Crippen molar-refractivity contribution in [2.75, 3.05) is 0 Å². The van der Waals surface area contributed by atoms with Crippen molar-refractivity contribution in [3.63, 3.8) is 0 Å². The van der Waals surface area contributed by atoms with E-state index in [0.717, 1.165) is 17.9 Å². The second-order valence-electron chi connectivity index (χ2n) is 3.51. The largest absolute Gasteiger partial charge is 0.461 e. The van der Waals surface area contributed by atoms with E-state index in [-0.39, 0.29) is 0 Å². The fourth-order valence-electron chi connectivity index (χ4n) is 1.73. The van der Waals surface area contributed by atoms with Crippen molar-refractivity contribution in [3.8, 4) is 5.75 Å². The third-order valence-corrected chi connectivity index (χ3v) is 3.24. The highest BCUT2D eigenvalue weighted by molar-refractivity contribution is 7.10. The molecular weight excluding hydrogens is 204 g/mol. The molecule has 15 heavy (non-hydrogen) atoms. The van der Waals surface area contributed by atoms with Crippen LogP contribution >= 0.6 is 11.3 Å². The number of ether oxygens (including phenoxy) is 1. The molecule has 0 unspecified atom stereocenters. The van der Waals surface area contributed by atoms with E-state index in [1.165, 1.54) is 10.4 Å². The number of benzene rings is 1. The third-order valence-electron chi connectivity index (χ3n) is 2.42. The zero-order valence-corrected chi connectivity index (χ0v) is 8.96. The van der Waals surface area contributed by atoms with Crippen LogP contribution in [0.2, 0.25) is 0 Å². The highest BCUT2D eigenvalue weighted by Gasteiger charge is 2.15. The Hall–Kier alpha value is -1.54. The maximum Gasteiger partial charge on any atom is 0.130 e. The molecule has 0 bridgehead atoms. The van der Waals surface area contributed by atoms with E-state index in [2.05, 4.69) is 35.7 Å². The molecule has 1 aliphatic heterocycles. The van der Waals surface area contributed by atoms with Crippen LogP contribution in [0.3, 0.4) is 0 Å². The van der Waals surface area contributed by atoms with Crippen LogP contribution in [0.25, 0.3) is 6.08 Å². The van der Waals surface area contributed by atoms with Gasteiger partial charge in [-0.1, -0.05) is 24.3 Å². The Kier molecular flexibility index (Phi) is 2.07. The molecule has 0 N–H and O–H groups in total. The lowest BCUT2D eigenvalue weighted by atomic mass is 10.1. The van der Waals surface area contributed by atoms with E-state index in [4.69, 9.17) is 4.74 Å². The summed E-state index contributed by atoms with van der Waals surface area (Å²) in [7, 11) is 0. The Labute approximate surface area is 92.6 Å². The maximum atomic E-state index is 5.75. The van der Waals surface area contributed by atoms with Crippen LogP contribution < -0.4 is 4.74 Å². The second kappa shape index (κ2) is 3.55. The number of thiophene rings is 1. The van der Waals surface area contributed by atoms with Gasteiger partial charge in [0.25, 0.3) is 0 Å². The third kappa shape index (κ3) is 1.68. The van der Waals surface area contributed by atoms with Crippen molar-refractivity contribution in [1.29, 1.82) is 0 Å². The normalized spacial score (nSPS) is 16.4. The standard InChI is InChI=1S/C13H10OS/c1-2-6-13-10(4-1)8-11(14-13)9-12-5-3-7-15-12/h1-7,9H,8H2/b11-9+. The lowest BCUT2D eigenvalue weighted by Crippen LogP contribution is -1.86. The van der Waals surface area contributed by atoms with Crippen molar-refractivity contribution in [2.24, 2.45) is 0 Å². The summed E-state index contributed by atoms with van der Waals surface area (Å²) in [6.07, 6.45) is 3.03. The molecule has 0 amide bonds. The molecule has 0 radical (unpaired) electrons. The first kappa shape index (κ1) is 8.74. The maximum absolute atomic E-state index is 5.75. The van der Waals surface area contributed by atoms with Crippen LogP contribution in [0.1, 0.15) is 10.4 Å². The van der Waals surface area contributed by atoms with Gasteiger partial charge in [0.2, 0.25) is 0 Å². The Morgan fingerprint density at radius 3 is 2.87 bits per heavy atom. The molecule has 1 aromatic heterocycles. The van der Waals surface area contributed by atoms with E-state index in [1.54, 1.807) is 11.3 Å². The lowest BCUT2D eigenvalue weighted by molar-refractivity contribution is 0.452. The summed E-state index contributed by atoms with van der Waals surface area (Å²) >= 11 is 1.73. The van der Waals surface area contributed by atoms with E-state index in [0.29, 0.717) is 0 Å². The van der Waals surface area contributed by atoms with E-state index in [1.807, 2.05) is 12.1 Å². The van der Waals surface area contributed by atoms with E-state index < -0.39 is 0 Å². The quantitative estimate of drug-likeness (QED) is 0.703. The van der Waals surface area contributed by atoms with Crippen molar-refractivity contribution in [2.45, 2.75) is 6.42 Å². The number of para-hydroxylation sites is 1. The summed E-state index contributed by atoms with van der Waals surface area (Å²) in [5, 5.41) is 2.08. The Morgan fingerprint density at radius 1 is 1.13 bits per heavy atom. The summed E-state index contributed by atoms with van der Waals surface area (Å²) in [5.74, 6) is 2.04. The smallest absolute Gasteiger partial charge is 0.130 e. The minimum absolute atomic E-state index is 0.911. The molecule has 1 aliphatic rings. The molecule has 0 fully saturated rings. The fraction of sp³-hybridized carbons (Fsp3) is 0.0769. The topological polar surface area (TPSA) is 9.23 Å². The minimum atomic E-state index is 0.911. The van der Waals surface area contributed by atoms with Crippen LogP contribution in [-0.2, 0) is 6.42 Å². The van der Waals surface area contributed by atoms with Gasteiger partial charge in [0.05, 0.1) is 0 Å². The molecule has 0 aliphatic carbocycles. The number of allylic oxidation sites excluding steroid dienone is 1. The van der Waals surface area contributed by atoms with Gasteiger partial charge in [-0.25, -0.2) is 0 Å². The van der Waals surface area contributed by atoms with Gasteiger partial charge >= 0.3 is 0 Å². The zero-order valence-electron chi connectivity index (χ0n) is 8.14. The van der Waals surface area contributed by atoms with Crippen molar-refractivity contribution >= 4 is 17.4 Å². The summed E-state index contributed by atoms with van der Waals surface area (Å²) in [4.78, 5) is 1.25. The SMILES string of the molecule is C(=C1/Cc2ccccc2O1)/c1cccs1. The number of hydrogen-bond donors (Lipinski definition) is 0. The Bertz CT molecular complexity index is 470. The van der Waals surface area contributed by atoms with Crippen molar-refractivity contribution in [1.82, 2.24) is 0 Å². The average Bonchev–Trinajstić information content (AvgIpc) is 2.86. The van der Waals surface area contributed by atoms with Crippen LogP contribution in [0.15, 0.2) is 47.5 Å². The molecule has 2 heteroatoms. The molecule has 0 atom stereocenters. The lowest BCUT2D eigenvalue weighted by Gasteiger charge is -1.97. The predicted molar refractivity (Wildman–Crippen MR) is 63.1 cm³/mol. The van der Waals surface area contributed by atoms with Gasteiger partial charge in [-0.15, -0.1) is 11.3 Å². The van der Waals surface area contributed by atoms with E-state index in [9.17, 15) is 0 Å². The zero-order chi connectivity index (χ0) is 10.1. The fourth-order valence-corrected chi connectivity index (χ4v) is 2.40. The first-order chi connectivity index (χ1) is 7.42. The second-order valence-corrected chi connectivity index (χ2v) is 4.49. The van der Waals surface area contributed by atoms with Gasteiger partial charge in [-0.2, -0.15) is 0 Å². The van der Waals surface area contributed by atoms with Gasteiger partial charge in [-0.3, -0.25) is 0 Å². The van der Waals surface area contributed by atoms with Crippen molar-refractivity contribution in [3.05, 3.63) is 58.0 Å². The molecule has 0 saturated carbocycles. The molecule has 3 rings (SSSR count). The van der Waals surface area contributed by atoms with Crippen LogP contribution in [0.4, 0.5) is 0 Å². The molecule has 1 aromatic carbocycles. The molecule has 1 nitrogen and oxygen atoms in total. The number of rotatable bonds is 1. The highest BCUT2D eigenvalue weighted by Crippen LogP contribution is 2.31. The van der Waals surface area contributed by atoms with Crippen LogP contribution in [0, 0.1) is 0 Å². The van der Waals surface area contributed by atoms with Gasteiger partial charge in [0.1, 0.15) is 11.5 Å². The number of fused-ring (bicyclic) bond motifs is 1. The van der Waals surface area contributed by atoms with E-state index >= 15 is 0 Å². The molecule has 2 heterocycles. The Balaban J connectivity index is 1.90. The predicted octanol–water partition coefficient (Wildman–Crippen LogP) is 3.72. The van der Waals surface area contributed by atoms with Gasteiger partial charge in [0.15, 0.2) is 0 Å². The first-order valence-corrected chi connectivity index (χ1v) is 5.79. The summed E-state index contributed by atoms with van der Waals surface area (Å²) in [6, 6.07) is 12.3. The van der Waals surface area contributed by atoms with Crippen LogP contribution in [0.5, 0.6) is 5.75 Å². The number of hydrogen-bond acceptors (Lipinski definition) is 2. The minimum Gasteiger partial charge on any atom is -0.461 e. The van der Waals surface area contributed by atoms with Gasteiger partial charge in [-0.05, 0) is 23.6 Å². The summed E-state index contributed by atoms with van der Waals surface area (Å²) in [5.41, 5.74) is 1.28. The summed E-state index contributed by atoms with van der Waals surface area (Å²) in [6.45, 7) is 0. The Morgan fingerprint density at radius 2 is 2.07 bits per heavy atom. The van der Waals surface area contributed by atoms with Gasteiger partial charge in [0, 0.05) is 16.9 Å². The highest BCUT2D eigenvalue weighted by atomic mass is 32.1. The molecule has 0 saturated heterocycles. The van der Waals surface area contributed by atoms with Crippen molar-refractivity contribution < 1.29 is 4.74 Å². The molecule has 74 valence electrons. The first-order valence-electron chi connectivity index (χ1n) is 4.92. The molecule has 2 aromatic rings.